The van der Waals surface area contributed by atoms with Gasteiger partial charge in [0.25, 0.3) is 16.0 Å². The molecule has 120 valence electrons. The normalized spacial score (nSPS) is 18.9. The Morgan fingerprint density at radius 1 is 0.875 bits per heavy atom. The van der Waals surface area contributed by atoms with Gasteiger partial charge in [-0.05, 0) is 30.3 Å². The van der Waals surface area contributed by atoms with E-state index in [0.29, 0.717) is 16.9 Å². The number of benzene rings is 2. The molecule has 0 unspecified atom stereocenters. The molecule has 2 aliphatic rings. The maximum Gasteiger partial charge on any atom is 0.294 e. The summed E-state index contributed by atoms with van der Waals surface area (Å²) in [6.45, 7) is 0. The molecule has 2 aromatic carbocycles. The summed E-state index contributed by atoms with van der Waals surface area (Å²) < 4.78 is 31.9. The smallest absolute Gasteiger partial charge is 0.294 e. The lowest BCUT2D eigenvalue weighted by atomic mass is 10.0. The van der Waals surface area contributed by atoms with E-state index in [0.717, 1.165) is 0 Å². The summed E-state index contributed by atoms with van der Waals surface area (Å²) in [6, 6.07) is 10.5. The van der Waals surface area contributed by atoms with Crippen LogP contribution in [0.15, 0.2) is 53.1 Å². The zero-order valence-corrected chi connectivity index (χ0v) is 12.8. The quantitative estimate of drug-likeness (QED) is 0.539. The Labute approximate surface area is 136 Å². The van der Waals surface area contributed by atoms with Gasteiger partial charge in [-0.15, -0.1) is 0 Å². The third kappa shape index (κ3) is 2.04. The molecular weight excluding hydrogens is 332 g/mol. The molecule has 0 radical (unpaired) electrons. The van der Waals surface area contributed by atoms with Crippen LogP contribution in [0.25, 0.3) is 5.57 Å². The van der Waals surface area contributed by atoms with Crippen molar-refractivity contribution < 1.29 is 22.6 Å². The Bertz CT molecular complexity index is 1070. The van der Waals surface area contributed by atoms with E-state index in [1.54, 1.807) is 24.3 Å². The summed E-state index contributed by atoms with van der Waals surface area (Å²) in [5.74, 6) is -0.859. The fourth-order valence-electron chi connectivity index (χ4n) is 2.85. The van der Waals surface area contributed by atoms with E-state index in [4.69, 9.17) is 0 Å². The summed E-state index contributed by atoms with van der Waals surface area (Å²) in [5, 5.41) is 5.50. The maximum absolute atomic E-state index is 12.6. The third-order valence-corrected chi connectivity index (χ3v) is 4.79. The molecule has 0 aliphatic carbocycles. The van der Waals surface area contributed by atoms with Crippen molar-refractivity contribution in [1.29, 1.82) is 0 Å². The monoisotopic (exact) mass is 342 g/mol. The molecule has 2 heterocycles. The van der Waals surface area contributed by atoms with E-state index in [1.807, 2.05) is 0 Å². The number of ketones is 1. The second-order valence-corrected chi connectivity index (χ2v) is 6.81. The van der Waals surface area contributed by atoms with Crippen molar-refractivity contribution in [1.82, 2.24) is 0 Å². The largest absolute Gasteiger partial charge is 0.351 e. The highest BCUT2D eigenvalue weighted by Gasteiger charge is 2.35. The van der Waals surface area contributed by atoms with Crippen molar-refractivity contribution in [3.8, 4) is 0 Å². The second-order valence-electron chi connectivity index (χ2n) is 5.39. The highest BCUT2D eigenvalue weighted by molar-refractivity contribution is 7.85. The number of anilines is 2. The van der Waals surface area contributed by atoms with Crippen molar-refractivity contribution >= 4 is 38.8 Å². The first-order chi connectivity index (χ1) is 11.4. The number of para-hydroxylation sites is 1. The van der Waals surface area contributed by atoms with Gasteiger partial charge in [0.15, 0.2) is 0 Å². The average molecular weight is 342 g/mol. The van der Waals surface area contributed by atoms with Crippen LogP contribution in [0.5, 0.6) is 0 Å². The number of carbonyl (C=O) groups is 2. The molecule has 4 rings (SSSR count). The fourth-order valence-corrected chi connectivity index (χ4v) is 3.35. The van der Waals surface area contributed by atoms with Gasteiger partial charge >= 0.3 is 0 Å². The Morgan fingerprint density at radius 3 is 2.29 bits per heavy atom. The number of allylic oxidation sites excluding steroid dienone is 1. The van der Waals surface area contributed by atoms with Gasteiger partial charge in [0.05, 0.1) is 10.5 Å². The molecule has 0 aromatic heterocycles. The van der Waals surface area contributed by atoms with E-state index < -0.39 is 16.0 Å². The standard InChI is InChI=1S/C16H10N2O5S/c19-15-9-3-1-2-4-11(9)17-14(15)13-10-7-8(24(21,22)23)5-6-12(10)18-16(13)20/h1-7,17H,(H,18,20)(H,21,22,23)/b14-13-. The number of amides is 1. The number of hydrogen-bond acceptors (Lipinski definition) is 5. The number of hydrogen-bond donors (Lipinski definition) is 3. The van der Waals surface area contributed by atoms with E-state index in [9.17, 15) is 22.6 Å². The van der Waals surface area contributed by atoms with Crippen LogP contribution in [-0.4, -0.2) is 24.7 Å². The molecule has 0 fully saturated rings. The molecule has 0 spiro atoms. The topological polar surface area (TPSA) is 113 Å². The van der Waals surface area contributed by atoms with Crippen molar-refractivity contribution in [2.45, 2.75) is 4.90 Å². The average Bonchev–Trinajstić information content (AvgIpc) is 3.02. The number of Topliss-reactive ketones (excluding diaryl/α,β-unsaturated/α-hetero) is 1. The summed E-state index contributed by atoms with van der Waals surface area (Å²) in [7, 11) is -4.42. The first-order valence-corrected chi connectivity index (χ1v) is 8.38. The molecule has 7 nitrogen and oxygen atoms in total. The highest BCUT2D eigenvalue weighted by atomic mass is 32.2. The minimum absolute atomic E-state index is 0.0525. The van der Waals surface area contributed by atoms with Crippen LogP contribution in [-0.2, 0) is 14.9 Å². The van der Waals surface area contributed by atoms with E-state index >= 15 is 0 Å². The molecule has 0 bridgehead atoms. The molecule has 2 aliphatic heterocycles. The zero-order valence-electron chi connectivity index (χ0n) is 12.0. The molecule has 0 saturated heterocycles. The molecule has 3 N–H and O–H groups in total. The summed E-state index contributed by atoms with van der Waals surface area (Å²) in [5.41, 5.74) is 1.78. The van der Waals surface area contributed by atoms with Gasteiger partial charge in [0, 0.05) is 22.5 Å². The van der Waals surface area contributed by atoms with E-state index in [-0.39, 0.29) is 27.5 Å². The van der Waals surface area contributed by atoms with Gasteiger partial charge in [0.2, 0.25) is 5.78 Å². The van der Waals surface area contributed by atoms with Gasteiger partial charge in [0.1, 0.15) is 5.70 Å². The van der Waals surface area contributed by atoms with Gasteiger partial charge in [-0.2, -0.15) is 8.42 Å². The van der Waals surface area contributed by atoms with Gasteiger partial charge < -0.3 is 10.6 Å². The first-order valence-electron chi connectivity index (χ1n) is 6.94. The lowest BCUT2D eigenvalue weighted by molar-refractivity contribution is -0.110. The third-order valence-electron chi connectivity index (χ3n) is 3.94. The van der Waals surface area contributed by atoms with Crippen LogP contribution in [0.4, 0.5) is 11.4 Å². The molecule has 0 saturated carbocycles. The minimum Gasteiger partial charge on any atom is -0.351 e. The Balaban J connectivity index is 1.94. The fraction of sp³-hybridized carbons (Fsp3) is 0. The van der Waals surface area contributed by atoms with Crippen LogP contribution in [0.2, 0.25) is 0 Å². The summed E-state index contributed by atoms with van der Waals surface area (Å²) >= 11 is 0. The maximum atomic E-state index is 12.6. The van der Waals surface area contributed by atoms with Crippen LogP contribution >= 0.6 is 0 Å². The molecule has 8 heteroatoms. The van der Waals surface area contributed by atoms with Crippen molar-refractivity contribution in [2.75, 3.05) is 10.6 Å². The predicted octanol–water partition coefficient (Wildman–Crippen LogP) is 1.90. The van der Waals surface area contributed by atoms with Gasteiger partial charge in [-0.1, -0.05) is 12.1 Å². The lowest BCUT2D eigenvalue weighted by Crippen LogP contribution is -2.11. The number of fused-ring (bicyclic) bond motifs is 2. The summed E-state index contributed by atoms with van der Waals surface area (Å²) in [6.07, 6.45) is 0. The first kappa shape index (κ1) is 14.6. The molecule has 24 heavy (non-hydrogen) atoms. The van der Waals surface area contributed by atoms with E-state index in [2.05, 4.69) is 10.6 Å². The van der Waals surface area contributed by atoms with Crippen LogP contribution < -0.4 is 10.6 Å². The molecule has 1 amide bonds. The van der Waals surface area contributed by atoms with Gasteiger partial charge in [-0.25, -0.2) is 0 Å². The van der Waals surface area contributed by atoms with Crippen LogP contribution in [0.1, 0.15) is 15.9 Å². The molecular formula is C16H10N2O5S. The van der Waals surface area contributed by atoms with Crippen molar-refractivity contribution in [2.24, 2.45) is 0 Å². The number of rotatable bonds is 1. The molecule has 0 atom stereocenters. The van der Waals surface area contributed by atoms with Crippen molar-refractivity contribution in [3.05, 3.63) is 59.3 Å². The number of nitrogens with one attached hydrogen (secondary N) is 2. The molecule has 2 aromatic rings. The van der Waals surface area contributed by atoms with Crippen LogP contribution in [0.3, 0.4) is 0 Å². The van der Waals surface area contributed by atoms with Crippen molar-refractivity contribution in [3.63, 3.8) is 0 Å². The van der Waals surface area contributed by atoms with E-state index in [1.165, 1.54) is 18.2 Å². The van der Waals surface area contributed by atoms with Gasteiger partial charge in [-0.3, -0.25) is 14.1 Å². The second kappa shape index (κ2) is 4.76. The van der Waals surface area contributed by atoms with Crippen LogP contribution in [0, 0.1) is 0 Å². The Hall–Kier alpha value is -2.97. The minimum atomic E-state index is -4.42. The predicted molar refractivity (Wildman–Crippen MR) is 86.2 cm³/mol. The number of carbonyl (C=O) groups excluding carboxylic acids is 2. The lowest BCUT2D eigenvalue weighted by Gasteiger charge is -2.05. The SMILES string of the molecule is O=C1Nc2ccc(S(=O)(=O)O)cc2/C1=C1/Nc2ccccc2C1=O. The summed E-state index contributed by atoms with van der Waals surface area (Å²) in [4.78, 5) is 24.5. The zero-order chi connectivity index (χ0) is 17.1. The Kier molecular flexibility index (Phi) is 2.90. The highest BCUT2D eigenvalue weighted by Crippen LogP contribution is 2.39. The Morgan fingerprint density at radius 2 is 1.58 bits per heavy atom.